The molecule has 2 atom stereocenters. The largest absolute Gasteiger partial charge is 0.372 e. The van der Waals surface area contributed by atoms with Gasteiger partial charge in [-0.3, -0.25) is 0 Å². The minimum absolute atomic E-state index is 0.556. The number of nitrogens with one attached hydrogen (secondary N) is 2. The predicted molar refractivity (Wildman–Crippen MR) is 154 cm³/mol. The molecule has 3 aliphatic heterocycles. The van der Waals surface area contributed by atoms with Crippen LogP contribution in [0.4, 0.5) is 23.3 Å². The monoisotopic (exact) mass is 507 g/mol. The zero-order valence-corrected chi connectivity index (χ0v) is 22.7. The van der Waals surface area contributed by atoms with Gasteiger partial charge < -0.3 is 25.3 Å². The van der Waals surface area contributed by atoms with Crippen molar-refractivity contribution < 1.29 is 0 Å². The van der Waals surface area contributed by atoms with Crippen LogP contribution in [0.15, 0.2) is 30.3 Å². The molecule has 0 spiro atoms. The SMILES string of the molecule is C[C@H]1CCCN(c2cc(N3CCC[C@H](C)C3)nc(NC(=S)NCc3ccc(N4CCCC4)cc3)n2)C1. The van der Waals surface area contributed by atoms with Gasteiger partial charge in [0.15, 0.2) is 5.11 Å². The van der Waals surface area contributed by atoms with E-state index in [9.17, 15) is 0 Å². The number of rotatable bonds is 6. The molecule has 8 heteroatoms. The van der Waals surface area contributed by atoms with E-state index in [4.69, 9.17) is 22.2 Å². The maximum absolute atomic E-state index is 5.65. The highest BCUT2D eigenvalue weighted by Crippen LogP contribution is 2.28. The summed E-state index contributed by atoms with van der Waals surface area (Å²) < 4.78 is 0. The van der Waals surface area contributed by atoms with Crippen molar-refractivity contribution in [3.63, 3.8) is 0 Å². The van der Waals surface area contributed by atoms with Crippen LogP contribution in [0.25, 0.3) is 0 Å². The number of nitrogens with zero attached hydrogens (tertiary/aromatic N) is 5. The molecule has 0 bridgehead atoms. The Morgan fingerprint density at radius 1 is 0.833 bits per heavy atom. The highest BCUT2D eigenvalue weighted by Gasteiger charge is 2.23. The van der Waals surface area contributed by atoms with Gasteiger partial charge in [0.1, 0.15) is 11.6 Å². The van der Waals surface area contributed by atoms with E-state index >= 15 is 0 Å². The topological polar surface area (TPSA) is 59.6 Å². The first kappa shape index (κ1) is 25.1. The number of aromatic nitrogens is 2. The molecular weight excluding hydrogens is 466 g/mol. The maximum Gasteiger partial charge on any atom is 0.232 e. The molecule has 3 fully saturated rings. The molecular formula is C28H41N7S. The van der Waals surface area contributed by atoms with Crippen LogP contribution >= 0.6 is 12.2 Å². The third-order valence-corrected chi connectivity index (χ3v) is 7.99. The zero-order valence-electron chi connectivity index (χ0n) is 21.9. The summed E-state index contributed by atoms with van der Waals surface area (Å²) in [6, 6.07) is 11.0. The normalized spacial score (nSPS) is 22.6. The van der Waals surface area contributed by atoms with Gasteiger partial charge in [-0.1, -0.05) is 26.0 Å². The van der Waals surface area contributed by atoms with Crippen molar-refractivity contribution in [2.45, 2.75) is 58.9 Å². The second kappa shape index (κ2) is 11.6. The van der Waals surface area contributed by atoms with Crippen molar-refractivity contribution in [2.24, 2.45) is 11.8 Å². The molecule has 36 heavy (non-hydrogen) atoms. The van der Waals surface area contributed by atoms with Crippen LogP contribution in [0.3, 0.4) is 0 Å². The van der Waals surface area contributed by atoms with Crippen molar-refractivity contribution in [3.8, 4) is 0 Å². The highest BCUT2D eigenvalue weighted by atomic mass is 32.1. The van der Waals surface area contributed by atoms with E-state index in [0.717, 1.165) is 37.8 Å². The lowest BCUT2D eigenvalue weighted by Gasteiger charge is -2.35. The number of piperidine rings is 2. The molecule has 7 nitrogen and oxygen atoms in total. The highest BCUT2D eigenvalue weighted by molar-refractivity contribution is 7.80. The van der Waals surface area contributed by atoms with Crippen LogP contribution in [0.2, 0.25) is 0 Å². The van der Waals surface area contributed by atoms with E-state index in [2.05, 4.69) is 69.5 Å². The Kier molecular flexibility index (Phi) is 8.09. The molecule has 0 amide bonds. The van der Waals surface area contributed by atoms with Crippen molar-refractivity contribution in [2.75, 3.05) is 59.3 Å². The molecule has 0 radical (unpaired) electrons. The van der Waals surface area contributed by atoms with Crippen LogP contribution in [0.1, 0.15) is 57.9 Å². The predicted octanol–water partition coefficient (Wildman–Crippen LogP) is 5.04. The van der Waals surface area contributed by atoms with Gasteiger partial charge in [0.05, 0.1) is 0 Å². The van der Waals surface area contributed by atoms with Crippen LogP contribution in [-0.2, 0) is 6.54 Å². The summed E-state index contributed by atoms with van der Waals surface area (Å²) in [5.41, 5.74) is 2.52. The Morgan fingerprint density at radius 3 is 1.94 bits per heavy atom. The molecule has 3 saturated heterocycles. The lowest BCUT2D eigenvalue weighted by molar-refractivity contribution is 0.441. The molecule has 2 aromatic rings. The third kappa shape index (κ3) is 6.38. The second-order valence-corrected chi connectivity index (χ2v) is 11.4. The Morgan fingerprint density at radius 2 is 1.39 bits per heavy atom. The number of hydrogen-bond acceptors (Lipinski definition) is 6. The van der Waals surface area contributed by atoms with E-state index < -0.39 is 0 Å². The van der Waals surface area contributed by atoms with E-state index in [-0.39, 0.29) is 0 Å². The summed E-state index contributed by atoms with van der Waals surface area (Å²) in [7, 11) is 0. The lowest BCUT2D eigenvalue weighted by Crippen LogP contribution is -2.37. The molecule has 4 heterocycles. The standard InChI is InChI=1S/C28H41N7S/c1-21-7-5-15-34(19-21)25-17-26(35-16-6-8-22(2)20-35)31-27(30-25)32-28(36)29-18-23-9-11-24(12-10-23)33-13-3-4-14-33/h9-12,17,21-22H,3-8,13-16,18-20H2,1-2H3,(H2,29,30,31,32,36)/t21-,22-/m0/s1. The van der Waals surface area contributed by atoms with Crippen LogP contribution in [0.5, 0.6) is 0 Å². The van der Waals surface area contributed by atoms with Crippen molar-refractivity contribution in [3.05, 3.63) is 35.9 Å². The van der Waals surface area contributed by atoms with Crippen LogP contribution in [0, 0.1) is 11.8 Å². The molecule has 1 aromatic heterocycles. The average Bonchev–Trinajstić information content (AvgIpc) is 3.43. The Bertz CT molecular complexity index is 981. The number of hydrogen-bond donors (Lipinski definition) is 2. The van der Waals surface area contributed by atoms with Gasteiger partial charge in [-0.2, -0.15) is 9.97 Å². The van der Waals surface area contributed by atoms with Gasteiger partial charge >= 0.3 is 0 Å². The summed E-state index contributed by atoms with van der Waals surface area (Å²) in [6.07, 6.45) is 7.58. The van der Waals surface area contributed by atoms with E-state index in [1.807, 2.05) is 0 Å². The van der Waals surface area contributed by atoms with Gasteiger partial charge in [0.25, 0.3) is 0 Å². The fourth-order valence-corrected chi connectivity index (χ4v) is 5.89. The maximum atomic E-state index is 5.65. The van der Waals surface area contributed by atoms with E-state index in [1.54, 1.807) is 0 Å². The number of anilines is 4. The Hall–Kier alpha value is -2.61. The first-order valence-electron chi connectivity index (χ1n) is 13.8. The molecule has 5 rings (SSSR count). The summed E-state index contributed by atoms with van der Waals surface area (Å²) in [6.45, 7) is 11.8. The van der Waals surface area contributed by atoms with Gasteiger partial charge in [-0.25, -0.2) is 0 Å². The first-order chi connectivity index (χ1) is 17.5. The molecule has 0 aliphatic carbocycles. The van der Waals surface area contributed by atoms with Crippen LogP contribution < -0.4 is 25.3 Å². The quantitative estimate of drug-likeness (QED) is 0.528. The molecule has 0 saturated carbocycles. The number of benzene rings is 1. The minimum Gasteiger partial charge on any atom is -0.372 e. The fraction of sp³-hybridized carbons (Fsp3) is 0.607. The van der Waals surface area contributed by atoms with Crippen LogP contribution in [-0.4, -0.2) is 54.3 Å². The fourth-order valence-electron chi connectivity index (χ4n) is 5.72. The summed E-state index contributed by atoms with van der Waals surface area (Å²) in [4.78, 5) is 17.1. The van der Waals surface area contributed by atoms with E-state index in [0.29, 0.717) is 29.4 Å². The second-order valence-electron chi connectivity index (χ2n) is 11.0. The van der Waals surface area contributed by atoms with Gasteiger partial charge in [0.2, 0.25) is 5.95 Å². The summed E-state index contributed by atoms with van der Waals surface area (Å²) in [5.74, 6) is 3.97. The number of thiocarbonyl (C=S) groups is 1. The summed E-state index contributed by atoms with van der Waals surface area (Å²) >= 11 is 5.65. The van der Waals surface area contributed by atoms with Gasteiger partial charge in [-0.15, -0.1) is 0 Å². The molecule has 1 aromatic carbocycles. The smallest absolute Gasteiger partial charge is 0.232 e. The average molecular weight is 508 g/mol. The Labute approximate surface area is 221 Å². The minimum atomic E-state index is 0.556. The third-order valence-electron chi connectivity index (χ3n) is 7.75. The van der Waals surface area contributed by atoms with Gasteiger partial charge in [0, 0.05) is 57.6 Å². The first-order valence-corrected chi connectivity index (χ1v) is 14.2. The van der Waals surface area contributed by atoms with Crippen molar-refractivity contribution >= 4 is 40.6 Å². The molecule has 3 aliphatic rings. The summed E-state index contributed by atoms with van der Waals surface area (Å²) in [5, 5.41) is 7.19. The zero-order chi connectivity index (χ0) is 24.9. The van der Waals surface area contributed by atoms with Crippen molar-refractivity contribution in [1.29, 1.82) is 0 Å². The Balaban J connectivity index is 1.25. The molecule has 0 unspecified atom stereocenters. The lowest BCUT2D eigenvalue weighted by atomic mass is 10.00. The van der Waals surface area contributed by atoms with Crippen molar-refractivity contribution in [1.82, 2.24) is 15.3 Å². The van der Waals surface area contributed by atoms with E-state index in [1.165, 1.54) is 62.9 Å². The molecule has 2 N–H and O–H groups in total. The molecule has 194 valence electrons. The van der Waals surface area contributed by atoms with Gasteiger partial charge in [-0.05, 0) is 80.3 Å².